The molecule has 0 bridgehead atoms. The van der Waals surface area contributed by atoms with Crippen LogP contribution in [0.2, 0.25) is 0 Å². The first-order chi connectivity index (χ1) is 8.85. The molecule has 0 radical (unpaired) electrons. The van der Waals surface area contributed by atoms with Crippen LogP contribution in [-0.4, -0.2) is 33.7 Å². The van der Waals surface area contributed by atoms with Gasteiger partial charge in [0.15, 0.2) is 0 Å². The second-order valence-electron chi connectivity index (χ2n) is 3.87. The van der Waals surface area contributed by atoms with Gasteiger partial charge in [0.05, 0.1) is 11.4 Å². The molecular weight excluding hydrogens is 273 g/mol. The zero-order chi connectivity index (χ0) is 14.5. The minimum Gasteiger partial charge on any atom is -0.385 e. The van der Waals surface area contributed by atoms with Crippen LogP contribution in [0.3, 0.4) is 0 Å². The zero-order valence-electron chi connectivity index (χ0n) is 10.4. The predicted octanol–water partition coefficient (Wildman–Crippen LogP) is 0.888. The lowest BCUT2D eigenvalue weighted by Crippen LogP contribution is -2.21. The molecule has 1 aromatic rings. The first kappa shape index (κ1) is 15.4. The van der Waals surface area contributed by atoms with Crippen molar-refractivity contribution in [2.45, 2.75) is 6.42 Å². The normalized spacial score (nSPS) is 11.3. The summed E-state index contributed by atoms with van der Waals surface area (Å²) in [7, 11) is -2.10. The highest BCUT2D eigenvalue weighted by molar-refractivity contribution is 7.92. The predicted molar refractivity (Wildman–Crippen MR) is 71.3 cm³/mol. The van der Waals surface area contributed by atoms with E-state index in [1.807, 2.05) is 0 Å². The second kappa shape index (κ2) is 6.48. The molecule has 0 aliphatic heterocycles. The third-order valence-corrected chi connectivity index (χ3v) is 3.66. The van der Waals surface area contributed by atoms with Crippen LogP contribution in [0.4, 0.5) is 10.1 Å². The van der Waals surface area contributed by atoms with Gasteiger partial charge in [-0.1, -0.05) is 0 Å². The summed E-state index contributed by atoms with van der Waals surface area (Å²) in [5.74, 6) is -1.13. The quantitative estimate of drug-likeness (QED) is 0.394. The van der Waals surface area contributed by atoms with Crippen molar-refractivity contribution in [3.63, 3.8) is 0 Å². The lowest BCUT2D eigenvalue weighted by molar-refractivity contribution is 0.199. The molecule has 0 aromatic heterocycles. The van der Waals surface area contributed by atoms with E-state index in [0.29, 0.717) is 13.0 Å². The average Bonchev–Trinajstić information content (AvgIpc) is 2.31. The van der Waals surface area contributed by atoms with Crippen LogP contribution in [0, 0.1) is 11.2 Å². The summed E-state index contributed by atoms with van der Waals surface area (Å²) in [6.07, 6.45) is 0.336. The molecule has 106 valence electrons. The Kier molecular flexibility index (Phi) is 5.25. The van der Waals surface area contributed by atoms with Crippen molar-refractivity contribution in [3.05, 3.63) is 29.6 Å². The summed E-state index contributed by atoms with van der Waals surface area (Å²) >= 11 is 0. The van der Waals surface area contributed by atoms with Gasteiger partial charge in [-0.25, -0.2) is 12.8 Å². The Hall–Kier alpha value is -1.67. The summed E-state index contributed by atoms with van der Waals surface area (Å²) in [5.41, 5.74) is 5.38. The first-order valence-electron chi connectivity index (χ1n) is 5.49. The molecule has 0 saturated heterocycles. The van der Waals surface area contributed by atoms with Crippen molar-refractivity contribution in [1.82, 2.24) is 0 Å². The highest BCUT2D eigenvalue weighted by atomic mass is 32.2. The van der Waals surface area contributed by atoms with Gasteiger partial charge < -0.3 is 10.5 Å². The van der Waals surface area contributed by atoms with Gasteiger partial charge in [-0.05, 0) is 24.6 Å². The van der Waals surface area contributed by atoms with E-state index in [4.69, 9.17) is 15.9 Å². The molecule has 6 nitrogen and oxygen atoms in total. The van der Waals surface area contributed by atoms with Crippen LogP contribution in [0.25, 0.3) is 0 Å². The Labute approximate surface area is 111 Å². The highest BCUT2D eigenvalue weighted by Crippen LogP contribution is 2.18. The number of rotatable bonds is 7. The Morgan fingerprint density at radius 1 is 1.53 bits per heavy atom. The van der Waals surface area contributed by atoms with E-state index in [9.17, 15) is 12.8 Å². The van der Waals surface area contributed by atoms with Crippen molar-refractivity contribution in [2.75, 3.05) is 24.2 Å². The molecule has 8 heteroatoms. The van der Waals surface area contributed by atoms with Gasteiger partial charge in [0.1, 0.15) is 11.7 Å². The van der Waals surface area contributed by atoms with E-state index < -0.39 is 21.7 Å². The summed E-state index contributed by atoms with van der Waals surface area (Å²) < 4.78 is 43.6. The SMILES string of the molecule is COCCCS(=O)(=O)Nc1ccc(F)cc1C(=N)N. The minimum atomic E-state index is -3.58. The number of anilines is 1. The molecule has 19 heavy (non-hydrogen) atoms. The van der Waals surface area contributed by atoms with Gasteiger partial charge in [-0.15, -0.1) is 0 Å². The molecule has 0 amide bonds. The number of nitrogens with two attached hydrogens (primary N) is 1. The van der Waals surface area contributed by atoms with Crippen molar-refractivity contribution >= 4 is 21.5 Å². The van der Waals surface area contributed by atoms with Gasteiger partial charge in [0, 0.05) is 19.3 Å². The minimum absolute atomic E-state index is 0.00955. The number of nitrogens with one attached hydrogen (secondary N) is 2. The number of hydrogen-bond acceptors (Lipinski definition) is 4. The lowest BCUT2D eigenvalue weighted by atomic mass is 10.1. The molecule has 0 heterocycles. The first-order valence-corrected chi connectivity index (χ1v) is 7.14. The number of nitrogen functional groups attached to an aromatic ring is 1. The van der Waals surface area contributed by atoms with Crippen LogP contribution in [0.5, 0.6) is 0 Å². The molecule has 0 saturated carbocycles. The number of amidine groups is 1. The highest BCUT2D eigenvalue weighted by Gasteiger charge is 2.14. The standard InChI is InChI=1S/C11H16FN3O3S/c1-18-5-2-6-19(16,17)15-10-4-3-8(12)7-9(10)11(13)14/h3-4,7,15H,2,5-6H2,1H3,(H3,13,14). The van der Waals surface area contributed by atoms with E-state index in [1.54, 1.807) is 0 Å². The molecule has 1 rings (SSSR count). The van der Waals surface area contributed by atoms with Crippen LogP contribution in [0.1, 0.15) is 12.0 Å². The fourth-order valence-electron chi connectivity index (χ4n) is 1.44. The largest absolute Gasteiger partial charge is 0.385 e. The van der Waals surface area contributed by atoms with Gasteiger partial charge >= 0.3 is 0 Å². The van der Waals surface area contributed by atoms with Gasteiger partial charge in [-0.2, -0.15) is 0 Å². The van der Waals surface area contributed by atoms with Crippen LogP contribution < -0.4 is 10.5 Å². The van der Waals surface area contributed by atoms with E-state index in [2.05, 4.69) is 4.72 Å². The smallest absolute Gasteiger partial charge is 0.232 e. The fourth-order valence-corrected chi connectivity index (χ4v) is 2.55. The molecule has 0 aliphatic carbocycles. The monoisotopic (exact) mass is 289 g/mol. The molecule has 0 spiro atoms. The third-order valence-electron chi connectivity index (χ3n) is 2.30. The van der Waals surface area contributed by atoms with E-state index in [-0.39, 0.29) is 17.0 Å². The summed E-state index contributed by atoms with van der Waals surface area (Å²) in [4.78, 5) is 0. The zero-order valence-corrected chi connectivity index (χ0v) is 11.3. The molecule has 1 aromatic carbocycles. The number of ether oxygens (including phenoxy) is 1. The van der Waals surface area contributed by atoms with Crippen molar-refractivity contribution in [2.24, 2.45) is 5.73 Å². The van der Waals surface area contributed by atoms with Crippen LogP contribution in [0.15, 0.2) is 18.2 Å². The Morgan fingerprint density at radius 3 is 2.79 bits per heavy atom. The van der Waals surface area contributed by atoms with Crippen molar-refractivity contribution in [1.29, 1.82) is 5.41 Å². The molecule has 0 atom stereocenters. The molecular formula is C11H16FN3O3S. The van der Waals surface area contributed by atoms with Gasteiger partial charge in [-0.3, -0.25) is 10.1 Å². The van der Waals surface area contributed by atoms with Gasteiger partial charge in [0.25, 0.3) is 0 Å². The summed E-state index contributed by atoms with van der Waals surface area (Å²) in [6.45, 7) is 0.323. The topological polar surface area (TPSA) is 105 Å². The summed E-state index contributed by atoms with van der Waals surface area (Å²) in [5, 5.41) is 7.30. The lowest BCUT2D eigenvalue weighted by Gasteiger charge is -2.11. The Bertz CT molecular complexity index is 560. The number of methoxy groups -OCH3 is 1. The Balaban J connectivity index is 2.90. The maximum atomic E-state index is 13.0. The fraction of sp³-hybridized carbons (Fsp3) is 0.364. The number of halogens is 1. The number of benzene rings is 1. The molecule has 0 unspecified atom stereocenters. The van der Waals surface area contributed by atoms with Crippen molar-refractivity contribution in [3.8, 4) is 0 Å². The van der Waals surface area contributed by atoms with Crippen LogP contribution >= 0.6 is 0 Å². The molecule has 4 N–H and O–H groups in total. The number of sulfonamides is 1. The second-order valence-corrected chi connectivity index (χ2v) is 5.71. The average molecular weight is 289 g/mol. The Morgan fingerprint density at radius 2 is 2.21 bits per heavy atom. The number of hydrogen-bond donors (Lipinski definition) is 3. The third kappa shape index (κ3) is 4.84. The van der Waals surface area contributed by atoms with Crippen molar-refractivity contribution < 1.29 is 17.5 Å². The van der Waals surface area contributed by atoms with Gasteiger partial charge in [0.2, 0.25) is 10.0 Å². The van der Waals surface area contributed by atoms with Crippen LogP contribution in [-0.2, 0) is 14.8 Å². The molecule has 0 aliphatic rings. The maximum absolute atomic E-state index is 13.0. The van der Waals surface area contributed by atoms with E-state index in [0.717, 1.165) is 12.1 Å². The van der Waals surface area contributed by atoms with E-state index in [1.165, 1.54) is 13.2 Å². The summed E-state index contributed by atoms with van der Waals surface area (Å²) in [6, 6.07) is 3.34. The molecule has 0 fully saturated rings. The maximum Gasteiger partial charge on any atom is 0.232 e. The van der Waals surface area contributed by atoms with E-state index >= 15 is 0 Å².